The second-order valence-electron chi connectivity index (χ2n) is 6.68. The SMILES string of the molecule is CNC1CCC(C)CC1N1CCN(C2CC2)CC1. The molecule has 3 fully saturated rings. The molecule has 3 nitrogen and oxygen atoms in total. The molecule has 0 aromatic carbocycles. The highest BCUT2D eigenvalue weighted by Gasteiger charge is 2.36. The van der Waals surface area contributed by atoms with Crippen LogP contribution in [0.25, 0.3) is 0 Å². The van der Waals surface area contributed by atoms with Crippen LogP contribution in [0.4, 0.5) is 0 Å². The van der Waals surface area contributed by atoms with E-state index >= 15 is 0 Å². The number of rotatable bonds is 3. The van der Waals surface area contributed by atoms with Crippen molar-refractivity contribution in [3.05, 3.63) is 0 Å². The predicted molar refractivity (Wildman–Crippen MR) is 75.8 cm³/mol. The molecule has 3 aliphatic rings. The van der Waals surface area contributed by atoms with Gasteiger partial charge in [-0.15, -0.1) is 0 Å². The summed E-state index contributed by atoms with van der Waals surface area (Å²) < 4.78 is 0. The van der Waals surface area contributed by atoms with Crippen LogP contribution < -0.4 is 5.32 Å². The Bertz CT molecular complexity index is 269. The number of hydrogen-bond donors (Lipinski definition) is 1. The third kappa shape index (κ3) is 2.73. The average molecular weight is 251 g/mol. The van der Waals surface area contributed by atoms with Crippen molar-refractivity contribution >= 4 is 0 Å². The smallest absolute Gasteiger partial charge is 0.0252 e. The minimum Gasteiger partial charge on any atom is -0.315 e. The summed E-state index contributed by atoms with van der Waals surface area (Å²) >= 11 is 0. The van der Waals surface area contributed by atoms with Gasteiger partial charge >= 0.3 is 0 Å². The molecule has 3 unspecified atom stereocenters. The molecule has 0 aromatic rings. The second-order valence-corrected chi connectivity index (χ2v) is 6.68. The minimum atomic E-state index is 0.730. The zero-order chi connectivity index (χ0) is 12.5. The maximum absolute atomic E-state index is 3.56. The Labute approximate surface area is 112 Å². The molecule has 0 aromatic heterocycles. The fourth-order valence-corrected chi connectivity index (χ4v) is 3.96. The van der Waals surface area contributed by atoms with Gasteiger partial charge in [0.15, 0.2) is 0 Å². The minimum absolute atomic E-state index is 0.730. The zero-order valence-electron chi connectivity index (χ0n) is 12.1. The van der Waals surface area contributed by atoms with Crippen LogP contribution in [-0.4, -0.2) is 61.2 Å². The van der Waals surface area contributed by atoms with Gasteiger partial charge in [-0.1, -0.05) is 6.92 Å². The zero-order valence-corrected chi connectivity index (χ0v) is 12.1. The van der Waals surface area contributed by atoms with E-state index in [2.05, 4.69) is 29.1 Å². The highest BCUT2D eigenvalue weighted by atomic mass is 15.3. The monoisotopic (exact) mass is 251 g/mol. The maximum Gasteiger partial charge on any atom is 0.0252 e. The van der Waals surface area contributed by atoms with Gasteiger partial charge in [-0.05, 0) is 45.1 Å². The first-order valence-corrected chi connectivity index (χ1v) is 7.93. The fraction of sp³-hybridized carbons (Fsp3) is 1.00. The van der Waals surface area contributed by atoms with Gasteiger partial charge in [0.25, 0.3) is 0 Å². The molecule has 0 spiro atoms. The van der Waals surface area contributed by atoms with E-state index < -0.39 is 0 Å². The van der Waals surface area contributed by atoms with Crippen LogP contribution in [0, 0.1) is 5.92 Å². The maximum atomic E-state index is 3.56. The van der Waals surface area contributed by atoms with Gasteiger partial charge < -0.3 is 5.32 Å². The molecule has 3 heteroatoms. The normalized spacial score (nSPS) is 40.0. The number of piperazine rings is 1. The molecule has 0 bridgehead atoms. The Hall–Kier alpha value is -0.120. The molecule has 0 amide bonds. The first-order chi connectivity index (χ1) is 8.78. The summed E-state index contributed by atoms with van der Waals surface area (Å²) in [4.78, 5) is 5.49. The van der Waals surface area contributed by atoms with Crippen LogP contribution in [0.2, 0.25) is 0 Å². The highest BCUT2D eigenvalue weighted by Crippen LogP contribution is 2.31. The Morgan fingerprint density at radius 3 is 2.17 bits per heavy atom. The lowest BCUT2D eigenvalue weighted by atomic mass is 9.82. The molecule has 0 radical (unpaired) electrons. The van der Waals surface area contributed by atoms with Crippen molar-refractivity contribution in [1.82, 2.24) is 15.1 Å². The van der Waals surface area contributed by atoms with Crippen molar-refractivity contribution in [3.63, 3.8) is 0 Å². The average Bonchev–Trinajstić information content (AvgIpc) is 3.23. The summed E-state index contributed by atoms with van der Waals surface area (Å²) in [6.07, 6.45) is 7.09. The van der Waals surface area contributed by atoms with Crippen LogP contribution in [-0.2, 0) is 0 Å². The van der Waals surface area contributed by atoms with E-state index in [1.54, 1.807) is 0 Å². The van der Waals surface area contributed by atoms with E-state index in [0.717, 1.165) is 24.0 Å². The fourth-order valence-electron chi connectivity index (χ4n) is 3.96. The highest BCUT2D eigenvalue weighted by molar-refractivity contribution is 4.94. The lowest BCUT2D eigenvalue weighted by molar-refractivity contribution is 0.0492. The molecule has 2 saturated carbocycles. The summed E-state index contributed by atoms with van der Waals surface area (Å²) in [6.45, 7) is 7.65. The first-order valence-electron chi connectivity index (χ1n) is 7.93. The third-order valence-electron chi connectivity index (χ3n) is 5.33. The Kier molecular flexibility index (Phi) is 3.92. The summed E-state index contributed by atoms with van der Waals surface area (Å²) in [5.74, 6) is 0.918. The van der Waals surface area contributed by atoms with E-state index in [1.807, 2.05) is 0 Å². The van der Waals surface area contributed by atoms with Crippen LogP contribution in [0.3, 0.4) is 0 Å². The van der Waals surface area contributed by atoms with Crippen LogP contribution in [0.5, 0.6) is 0 Å². The van der Waals surface area contributed by atoms with Crippen molar-refractivity contribution in [2.24, 2.45) is 5.92 Å². The third-order valence-corrected chi connectivity index (χ3v) is 5.33. The van der Waals surface area contributed by atoms with Gasteiger partial charge in [0.1, 0.15) is 0 Å². The van der Waals surface area contributed by atoms with Crippen molar-refractivity contribution in [2.75, 3.05) is 33.2 Å². The van der Waals surface area contributed by atoms with E-state index in [-0.39, 0.29) is 0 Å². The molecular weight excluding hydrogens is 222 g/mol. The van der Waals surface area contributed by atoms with E-state index in [4.69, 9.17) is 0 Å². The predicted octanol–water partition coefficient (Wildman–Crippen LogP) is 1.54. The summed E-state index contributed by atoms with van der Waals surface area (Å²) in [7, 11) is 2.15. The Morgan fingerprint density at radius 1 is 0.889 bits per heavy atom. The largest absolute Gasteiger partial charge is 0.315 e. The van der Waals surface area contributed by atoms with Gasteiger partial charge in [0, 0.05) is 44.3 Å². The molecule has 1 heterocycles. The van der Waals surface area contributed by atoms with Gasteiger partial charge in [0.05, 0.1) is 0 Å². The van der Waals surface area contributed by atoms with Gasteiger partial charge in [-0.3, -0.25) is 9.80 Å². The second kappa shape index (κ2) is 5.48. The standard InChI is InChI=1S/C15H29N3/c1-12-3-6-14(16-2)15(11-12)18-9-7-17(8-10-18)13-4-5-13/h12-16H,3-11H2,1-2H3. The molecule has 3 rings (SSSR count). The molecular formula is C15H29N3. The summed E-state index contributed by atoms with van der Waals surface area (Å²) in [6, 6.07) is 2.48. The molecule has 1 aliphatic heterocycles. The van der Waals surface area contributed by atoms with Crippen molar-refractivity contribution in [3.8, 4) is 0 Å². The van der Waals surface area contributed by atoms with Crippen molar-refractivity contribution in [2.45, 2.75) is 57.2 Å². The number of nitrogens with zero attached hydrogens (tertiary/aromatic N) is 2. The van der Waals surface area contributed by atoms with Gasteiger partial charge in [-0.2, -0.15) is 0 Å². The molecule has 3 atom stereocenters. The first kappa shape index (κ1) is 12.9. The van der Waals surface area contributed by atoms with Gasteiger partial charge in [0.2, 0.25) is 0 Å². The number of hydrogen-bond acceptors (Lipinski definition) is 3. The number of likely N-dealkylation sites (N-methyl/N-ethyl adjacent to an activating group) is 1. The van der Waals surface area contributed by atoms with Crippen LogP contribution in [0.1, 0.15) is 39.0 Å². The number of nitrogens with one attached hydrogen (secondary N) is 1. The molecule has 1 N–H and O–H groups in total. The lowest BCUT2D eigenvalue weighted by Crippen LogP contribution is -2.58. The topological polar surface area (TPSA) is 18.5 Å². The van der Waals surface area contributed by atoms with Crippen molar-refractivity contribution < 1.29 is 0 Å². The van der Waals surface area contributed by atoms with Crippen molar-refractivity contribution in [1.29, 1.82) is 0 Å². The molecule has 18 heavy (non-hydrogen) atoms. The van der Waals surface area contributed by atoms with E-state index in [1.165, 1.54) is 58.3 Å². The lowest BCUT2D eigenvalue weighted by Gasteiger charge is -2.45. The Morgan fingerprint density at radius 2 is 1.56 bits per heavy atom. The summed E-state index contributed by atoms with van der Waals surface area (Å²) in [5, 5.41) is 3.56. The van der Waals surface area contributed by atoms with E-state index in [9.17, 15) is 0 Å². The van der Waals surface area contributed by atoms with Crippen LogP contribution in [0.15, 0.2) is 0 Å². The molecule has 104 valence electrons. The molecule has 1 saturated heterocycles. The van der Waals surface area contributed by atoms with Crippen LogP contribution >= 0.6 is 0 Å². The van der Waals surface area contributed by atoms with E-state index in [0.29, 0.717) is 0 Å². The van der Waals surface area contributed by atoms with Gasteiger partial charge in [-0.25, -0.2) is 0 Å². The quantitative estimate of drug-likeness (QED) is 0.821. The Balaban J connectivity index is 1.55. The molecule has 2 aliphatic carbocycles. The summed E-state index contributed by atoms with van der Waals surface area (Å²) in [5.41, 5.74) is 0.